The van der Waals surface area contributed by atoms with E-state index in [0.29, 0.717) is 23.2 Å². The van der Waals surface area contributed by atoms with Crippen molar-refractivity contribution >= 4 is 5.78 Å². The molecule has 1 aliphatic carbocycles. The molecule has 0 aromatic rings. The van der Waals surface area contributed by atoms with E-state index < -0.39 is 0 Å². The van der Waals surface area contributed by atoms with E-state index in [1.807, 2.05) is 6.08 Å². The molecule has 0 radical (unpaired) electrons. The summed E-state index contributed by atoms with van der Waals surface area (Å²) in [5.74, 6) is 0.800. The number of carbonyl (C=O) groups excluding carboxylic acids is 1. The normalized spacial score (nSPS) is 24.1. The van der Waals surface area contributed by atoms with Crippen LogP contribution in [0.1, 0.15) is 66.7 Å². The zero-order valence-electron chi connectivity index (χ0n) is 12.2. The summed E-state index contributed by atoms with van der Waals surface area (Å²) in [4.78, 5) is 11.6. The molecule has 0 amide bonds. The van der Waals surface area contributed by atoms with Crippen LogP contribution in [-0.4, -0.2) is 5.78 Å². The molecule has 1 heteroatoms. The second-order valence-electron chi connectivity index (χ2n) is 6.88. The van der Waals surface area contributed by atoms with Crippen LogP contribution >= 0.6 is 0 Å². The Morgan fingerprint density at radius 2 is 1.71 bits per heavy atom. The lowest BCUT2D eigenvalue weighted by atomic mass is 9.57. The largest absolute Gasteiger partial charge is 0.295 e. The van der Waals surface area contributed by atoms with E-state index >= 15 is 0 Å². The van der Waals surface area contributed by atoms with Gasteiger partial charge in [-0.25, -0.2) is 0 Å². The minimum Gasteiger partial charge on any atom is -0.295 e. The number of hydrogen-bond donors (Lipinski definition) is 0. The second kappa shape index (κ2) is 5.37. The molecule has 0 aliphatic heterocycles. The van der Waals surface area contributed by atoms with Crippen molar-refractivity contribution in [3.05, 3.63) is 12.2 Å². The highest BCUT2D eigenvalue weighted by Gasteiger charge is 2.42. The molecule has 1 saturated carbocycles. The molecule has 0 aromatic heterocycles. The third kappa shape index (κ3) is 3.69. The molecule has 98 valence electrons. The predicted octanol–water partition coefficient (Wildman–Crippen LogP) is 4.76. The van der Waals surface area contributed by atoms with Crippen molar-refractivity contribution in [3.8, 4) is 0 Å². The van der Waals surface area contributed by atoms with Crippen LogP contribution < -0.4 is 0 Å². The zero-order valence-corrected chi connectivity index (χ0v) is 12.2. The number of carbonyl (C=O) groups is 1. The smallest absolute Gasteiger partial charge is 0.155 e. The molecule has 1 nitrogen and oxygen atoms in total. The van der Waals surface area contributed by atoms with E-state index in [1.165, 1.54) is 19.3 Å². The van der Waals surface area contributed by atoms with Gasteiger partial charge in [0.1, 0.15) is 0 Å². The molecule has 0 unspecified atom stereocenters. The summed E-state index contributed by atoms with van der Waals surface area (Å²) in [6.45, 7) is 11.4. The van der Waals surface area contributed by atoms with Crippen LogP contribution in [0.4, 0.5) is 0 Å². The van der Waals surface area contributed by atoms with Crippen LogP contribution in [-0.2, 0) is 4.79 Å². The van der Waals surface area contributed by atoms with Gasteiger partial charge < -0.3 is 0 Å². The SMILES string of the molecule is CCCC(=O)C=CC1C(C)(C)CCCC1(C)C. The van der Waals surface area contributed by atoms with E-state index in [-0.39, 0.29) is 5.78 Å². The van der Waals surface area contributed by atoms with Gasteiger partial charge in [0.2, 0.25) is 0 Å². The first-order valence-corrected chi connectivity index (χ1v) is 7.00. The van der Waals surface area contributed by atoms with Gasteiger partial charge in [0.05, 0.1) is 0 Å². The van der Waals surface area contributed by atoms with E-state index in [4.69, 9.17) is 0 Å². The van der Waals surface area contributed by atoms with Crippen LogP contribution in [0.25, 0.3) is 0 Å². The third-order valence-electron chi connectivity index (χ3n) is 4.30. The Morgan fingerprint density at radius 1 is 1.18 bits per heavy atom. The summed E-state index contributed by atoms with van der Waals surface area (Å²) < 4.78 is 0. The second-order valence-corrected chi connectivity index (χ2v) is 6.88. The quantitative estimate of drug-likeness (QED) is 0.643. The Hall–Kier alpha value is -0.590. The molecule has 0 N–H and O–H groups in total. The fourth-order valence-electron chi connectivity index (χ4n) is 3.42. The first kappa shape index (κ1) is 14.5. The summed E-state index contributed by atoms with van der Waals surface area (Å²) in [6.07, 6.45) is 9.51. The fourth-order valence-corrected chi connectivity index (χ4v) is 3.42. The first-order valence-electron chi connectivity index (χ1n) is 7.00. The summed E-state index contributed by atoms with van der Waals surface area (Å²) in [7, 11) is 0. The lowest BCUT2D eigenvalue weighted by molar-refractivity contribution is -0.114. The highest BCUT2D eigenvalue weighted by Crippen LogP contribution is 2.51. The van der Waals surface area contributed by atoms with Gasteiger partial charge in [-0.3, -0.25) is 4.79 Å². The summed E-state index contributed by atoms with van der Waals surface area (Å²) in [5, 5.41) is 0. The Morgan fingerprint density at radius 3 is 2.18 bits per heavy atom. The van der Waals surface area contributed by atoms with Crippen LogP contribution in [0.3, 0.4) is 0 Å². The molecule has 1 rings (SSSR count). The van der Waals surface area contributed by atoms with Gasteiger partial charge in [0, 0.05) is 6.42 Å². The molecule has 17 heavy (non-hydrogen) atoms. The van der Waals surface area contributed by atoms with Crippen molar-refractivity contribution < 1.29 is 4.79 Å². The monoisotopic (exact) mass is 236 g/mol. The maximum atomic E-state index is 11.6. The Bertz CT molecular complexity index is 281. The minimum absolute atomic E-state index is 0.282. The van der Waals surface area contributed by atoms with Gasteiger partial charge in [-0.15, -0.1) is 0 Å². The molecule has 1 aliphatic rings. The lowest BCUT2D eigenvalue weighted by Gasteiger charge is -2.48. The van der Waals surface area contributed by atoms with Gasteiger partial charge in [-0.2, -0.15) is 0 Å². The first-order chi connectivity index (χ1) is 7.79. The molecule has 1 fully saturated rings. The van der Waals surface area contributed by atoms with Crippen LogP contribution in [0.5, 0.6) is 0 Å². The van der Waals surface area contributed by atoms with Gasteiger partial charge in [-0.05, 0) is 42.1 Å². The van der Waals surface area contributed by atoms with Crippen LogP contribution in [0.2, 0.25) is 0 Å². The van der Waals surface area contributed by atoms with Gasteiger partial charge in [-0.1, -0.05) is 47.1 Å². The Labute approximate surface area is 107 Å². The number of ketones is 1. The molecule has 0 atom stereocenters. The van der Waals surface area contributed by atoms with Crippen molar-refractivity contribution in [1.29, 1.82) is 0 Å². The van der Waals surface area contributed by atoms with Crippen molar-refractivity contribution in [3.63, 3.8) is 0 Å². The topological polar surface area (TPSA) is 17.1 Å². The van der Waals surface area contributed by atoms with E-state index in [0.717, 1.165) is 6.42 Å². The lowest BCUT2D eigenvalue weighted by Crippen LogP contribution is -2.39. The third-order valence-corrected chi connectivity index (χ3v) is 4.30. The maximum absolute atomic E-state index is 11.6. The molecular weight excluding hydrogens is 208 g/mol. The molecular formula is C16H28O. The van der Waals surface area contributed by atoms with Crippen molar-refractivity contribution in [1.82, 2.24) is 0 Å². The van der Waals surface area contributed by atoms with Gasteiger partial charge in [0.15, 0.2) is 5.78 Å². The average Bonchev–Trinajstić information content (AvgIpc) is 2.15. The number of allylic oxidation sites excluding steroid dienone is 2. The van der Waals surface area contributed by atoms with Crippen LogP contribution in [0, 0.1) is 16.7 Å². The number of rotatable bonds is 4. The van der Waals surface area contributed by atoms with E-state index in [9.17, 15) is 4.79 Å². The molecule has 0 heterocycles. The van der Waals surface area contributed by atoms with E-state index in [1.54, 1.807) is 0 Å². The van der Waals surface area contributed by atoms with Gasteiger partial charge >= 0.3 is 0 Å². The average molecular weight is 236 g/mol. The maximum Gasteiger partial charge on any atom is 0.155 e. The molecule has 0 aromatic carbocycles. The Balaban J connectivity index is 2.80. The summed E-state index contributed by atoms with van der Waals surface area (Å²) >= 11 is 0. The molecule has 0 saturated heterocycles. The van der Waals surface area contributed by atoms with Crippen molar-refractivity contribution in [2.75, 3.05) is 0 Å². The fraction of sp³-hybridized carbons (Fsp3) is 0.812. The Kier molecular flexibility index (Phi) is 4.57. The van der Waals surface area contributed by atoms with E-state index in [2.05, 4.69) is 40.7 Å². The zero-order chi connectivity index (χ0) is 13.1. The van der Waals surface area contributed by atoms with Crippen molar-refractivity contribution in [2.24, 2.45) is 16.7 Å². The van der Waals surface area contributed by atoms with Gasteiger partial charge in [0.25, 0.3) is 0 Å². The minimum atomic E-state index is 0.282. The highest BCUT2D eigenvalue weighted by atomic mass is 16.1. The molecule has 0 bridgehead atoms. The van der Waals surface area contributed by atoms with Crippen LogP contribution in [0.15, 0.2) is 12.2 Å². The van der Waals surface area contributed by atoms with Crippen molar-refractivity contribution in [2.45, 2.75) is 66.7 Å². The summed E-state index contributed by atoms with van der Waals surface area (Å²) in [6, 6.07) is 0. The summed E-state index contributed by atoms with van der Waals surface area (Å²) in [5.41, 5.74) is 0.648. The standard InChI is InChI=1S/C16H28O/c1-6-8-13(17)9-10-14-15(2,3)11-7-12-16(14,4)5/h9-10,14H,6-8,11-12H2,1-5H3. The molecule has 0 spiro atoms. The predicted molar refractivity (Wildman–Crippen MR) is 74.0 cm³/mol. The highest BCUT2D eigenvalue weighted by molar-refractivity contribution is 5.89. The number of hydrogen-bond acceptors (Lipinski definition) is 1.